The normalized spacial score (nSPS) is 24.5. The summed E-state index contributed by atoms with van der Waals surface area (Å²) in [5.41, 5.74) is -3.28. The second-order valence-corrected chi connectivity index (χ2v) is 24.1. The third kappa shape index (κ3) is 10.1. The molecule has 1 amide bonds. The van der Waals surface area contributed by atoms with Crippen LogP contribution < -0.4 is 14.9 Å². The van der Waals surface area contributed by atoms with Gasteiger partial charge in [-0.15, -0.1) is 11.8 Å². The number of nitrogens with one attached hydrogen (secondary N) is 2. The number of sulfone groups is 1. The largest absolute Gasteiger partial charge is 0.501 e. The molecule has 1 atom stereocenters. The first-order valence-electron chi connectivity index (χ1n) is 22.0. The van der Waals surface area contributed by atoms with E-state index in [1.54, 1.807) is 12.1 Å². The Balaban J connectivity index is 0.914. The molecule has 19 heteroatoms. The van der Waals surface area contributed by atoms with Crippen molar-refractivity contribution in [2.75, 3.05) is 68.3 Å². The van der Waals surface area contributed by atoms with Crippen LogP contribution in [0.2, 0.25) is 0 Å². The number of aliphatic hydroxyl groups is 1. The van der Waals surface area contributed by atoms with Gasteiger partial charge in [-0.3, -0.25) is 14.6 Å². The summed E-state index contributed by atoms with van der Waals surface area (Å²) >= 11 is 1.41. The number of allylic oxidation sites excluding steroid dienone is 1. The van der Waals surface area contributed by atoms with Crippen molar-refractivity contribution in [3.05, 3.63) is 89.5 Å². The third-order valence-corrected chi connectivity index (χ3v) is 18.0. The van der Waals surface area contributed by atoms with E-state index in [-0.39, 0.29) is 16.4 Å². The van der Waals surface area contributed by atoms with Crippen molar-refractivity contribution in [2.45, 2.75) is 97.6 Å². The molecule has 2 heterocycles. The average Bonchev–Trinajstić information content (AvgIpc) is 3.20. The Morgan fingerprint density at radius 1 is 0.908 bits per heavy atom. The summed E-state index contributed by atoms with van der Waals surface area (Å²) in [4.78, 5) is 18.6. The number of thioether (sulfide) groups is 1. The number of sulfonamides is 1. The third-order valence-electron chi connectivity index (χ3n) is 14.0. The molecule has 2 saturated heterocycles. The minimum Gasteiger partial charge on any atom is -0.390 e. The summed E-state index contributed by atoms with van der Waals surface area (Å²) in [7, 11) is -10.9. The molecule has 2 bridgehead atoms. The van der Waals surface area contributed by atoms with Crippen molar-refractivity contribution in [2.24, 2.45) is 16.2 Å². The summed E-state index contributed by atoms with van der Waals surface area (Å²) in [6.45, 7) is 9.61. The van der Waals surface area contributed by atoms with Gasteiger partial charge in [0.2, 0.25) is 6.43 Å². The molecule has 6 aliphatic rings. The first kappa shape index (κ1) is 47.7. The predicted octanol–water partition coefficient (Wildman–Crippen LogP) is 7.80. The predicted molar refractivity (Wildman–Crippen MR) is 240 cm³/mol. The molecule has 5 fully saturated rings. The Kier molecular flexibility index (Phi) is 13.3. The van der Waals surface area contributed by atoms with Gasteiger partial charge in [0.05, 0.1) is 16.7 Å². The van der Waals surface area contributed by atoms with Crippen LogP contribution in [0.5, 0.6) is 0 Å². The number of alkyl halides is 5. The number of carbonyl (C=O) groups excluding carboxylic acids is 1. The highest BCUT2D eigenvalue weighted by molar-refractivity contribution is 7.99. The maximum atomic E-state index is 14.1. The highest BCUT2D eigenvalue weighted by atomic mass is 32.2. The van der Waals surface area contributed by atoms with Gasteiger partial charge in [-0.05, 0) is 110 Å². The number of hydrogen-bond donors (Lipinski definition) is 3. The zero-order chi connectivity index (χ0) is 46.6. The van der Waals surface area contributed by atoms with Crippen LogP contribution in [0.3, 0.4) is 0 Å². The van der Waals surface area contributed by atoms with E-state index in [1.807, 2.05) is 40.0 Å². The van der Waals surface area contributed by atoms with Gasteiger partial charge in [0.25, 0.3) is 25.8 Å². The standard InChI is InChI=1S/C46H56F5N5O6S3/c1-43(2)16-14-32(38(23-43)44-28-45(29-44,30-44)42(47)48)24-54-18-20-56(21-19-54)34-10-8-31(9-11-34)41(58)53-65(61,62)37-12-13-39(40(22-37)64(59,60)46(49,50)51)52-33(15-17-55-25-35(57)26-55)27-63-36-6-4-3-5-7-36/h3-13,22,33,35,42,52,57H,14-21,23-30H2,1-2H3,(H,53,58)/t33-,44?,45?/m1/s1. The number of rotatable bonds is 17. The topological polar surface area (TPSA) is 139 Å². The fourth-order valence-corrected chi connectivity index (χ4v) is 13.3. The molecule has 9 rings (SSSR count). The Morgan fingerprint density at radius 3 is 2.18 bits per heavy atom. The second kappa shape index (κ2) is 18.1. The van der Waals surface area contributed by atoms with Gasteiger partial charge in [0, 0.05) is 85.7 Å². The molecule has 65 heavy (non-hydrogen) atoms. The summed E-state index contributed by atoms with van der Waals surface area (Å²) in [6.07, 6.45) is 2.44. The SMILES string of the molecule is CC1(C)CCC(CN2CCN(c3ccc(C(=O)NS(=O)(=O)c4ccc(N[C@H](CCN5CC(O)C5)CSc5ccccc5)c(S(=O)(=O)C(F)(F)F)c4)cc3)CC2)=C(C23CC(C(F)F)(C2)C3)C1. The molecular formula is C46H56F5N5O6S3. The minimum atomic E-state index is -6.08. The van der Waals surface area contributed by atoms with E-state index in [0.29, 0.717) is 70.2 Å². The van der Waals surface area contributed by atoms with Crippen molar-refractivity contribution in [1.82, 2.24) is 14.5 Å². The van der Waals surface area contributed by atoms with E-state index in [4.69, 9.17) is 0 Å². The molecule has 3 aromatic rings. The molecule has 4 aliphatic carbocycles. The zero-order valence-corrected chi connectivity index (χ0v) is 38.9. The average molecular weight is 966 g/mol. The number of β-amino-alcohol motifs (C(OH)–C–C–N with tert-alkyl or cyclic N) is 1. The Morgan fingerprint density at radius 2 is 1.57 bits per heavy atom. The monoisotopic (exact) mass is 965 g/mol. The van der Waals surface area contributed by atoms with Gasteiger partial charge in [0.1, 0.15) is 4.90 Å². The van der Waals surface area contributed by atoms with Crippen LogP contribution in [0.4, 0.5) is 33.3 Å². The summed E-state index contributed by atoms with van der Waals surface area (Å²) < 4.78 is 125. The molecule has 3 aromatic carbocycles. The van der Waals surface area contributed by atoms with Crippen LogP contribution in [0.25, 0.3) is 0 Å². The Labute approximate surface area is 382 Å². The molecular weight excluding hydrogens is 910 g/mol. The van der Waals surface area contributed by atoms with Crippen LogP contribution in [0, 0.1) is 16.2 Å². The lowest BCUT2D eigenvalue weighted by atomic mass is 9.32. The number of halogens is 5. The summed E-state index contributed by atoms with van der Waals surface area (Å²) in [5, 5.41) is 12.6. The summed E-state index contributed by atoms with van der Waals surface area (Å²) in [5.74, 6) is -0.731. The van der Waals surface area contributed by atoms with Crippen LogP contribution >= 0.6 is 11.8 Å². The van der Waals surface area contributed by atoms with Gasteiger partial charge >= 0.3 is 5.51 Å². The van der Waals surface area contributed by atoms with Crippen molar-refractivity contribution < 1.29 is 48.7 Å². The van der Waals surface area contributed by atoms with E-state index >= 15 is 0 Å². The van der Waals surface area contributed by atoms with Crippen LogP contribution in [-0.2, 0) is 19.9 Å². The van der Waals surface area contributed by atoms with Gasteiger partial charge in [-0.1, -0.05) is 43.2 Å². The van der Waals surface area contributed by atoms with Gasteiger partial charge in [-0.2, -0.15) is 13.2 Å². The number of likely N-dealkylation sites (tertiary alicyclic amines) is 1. The first-order valence-corrected chi connectivity index (χ1v) is 26.0. The number of aliphatic hydroxyl groups excluding tert-OH is 1. The van der Waals surface area contributed by atoms with E-state index in [0.717, 1.165) is 61.6 Å². The zero-order valence-electron chi connectivity index (χ0n) is 36.4. The molecule has 3 saturated carbocycles. The fourth-order valence-electron chi connectivity index (χ4n) is 10.3. The minimum absolute atomic E-state index is 0.0345. The number of anilines is 2. The maximum Gasteiger partial charge on any atom is 0.501 e. The van der Waals surface area contributed by atoms with Crippen LogP contribution in [0.1, 0.15) is 69.2 Å². The smallest absolute Gasteiger partial charge is 0.390 e. The van der Waals surface area contributed by atoms with Crippen molar-refractivity contribution >= 4 is 48.9 Å². The van der Waals surface area contributed by atoms with Crippen molar-refractivity contribution in [1.29, 1.82) is 0 Å². The summed E-state index contributed by atoms with van der Waals surface area (Å²) in [6, 6.07) is 17.3. The van der Waals surface area contributed by atoms with Crippen molar-refractivity contribution in [3.63, 3.8) is 0 Å². The number of hydrogen-bond acceptors (Lipinski definition) is 11. The van der Waals surface area contributed by atoms with E-state index < -0.39 is 70.7 Å². The molecule has 0 aromatic heterocycles. The lowest BCUT2D eigenvalue weighted by Crippen LogP contribution is -2.66. The molecule has 2 aliphatic heterocycles. The Bertz CT molecular complexity index is 2470. The lowest BCUT2D eigenvalue weighted by Gasteiger charge is -2.72. The van der Waals surface area contributed by atoms with Gasteiger partial charge in [0.15, 0.2) is 0 Å². The molecule has 0 spiro atoms. The van der Waals surface area contributed by atoms with Gasteiger partial charge < -0.3 is 15.3 Å². The number of benzene rings is 3. The molecule has 3 N–H and O–H groups in total. The maximum absolute atomic E-state index is 14.1. The van der Waals surface area contributed by atoms with E-state index in [2.05, 4.69) is 29.0 Å². The molecule has 354 valence electrons. The quantitative estimate of drug-likeness (QED) is 0.0694. The first-order chi connectivity index (χ1) is 30.6. The number of nitrogens with zero attached hydrogens (tertiary/aromatic N) is 3. The highest BCUT2D eigenvalue weighted by Crippen LogP contribution is 2.79. The van der Waals surface area contributed by atoms with Crippen LogP contribution in [0.15, 0.2) is 98.6 Å². The molecule has 11 nitrogen and oxygen atoms in total. The highest BCUT2D eigenvalue weighted by Gasteiger charge is 2.73. The molecule has 0 unspecified atom stereocenters. The molecule has 0 radical (unpaired) electrons. The number of carbonyl (C=O) groups is 1. The van der Waals surface area contributed by atoms with Crippen LogP contribution in [-0.4, -0.2) is 120 Å². The second-order valence-electron chi connectivity index (χ2n) is 19.4. The van der Waals surface area contributed by atoms with Gasteiger partial charge in [-0.25, -0.2) is 30.3 Å². The lowest BCUT2D eigenvalue weighted by molar-refractivity contribution is -0.250. The Hall–Kier alpha value is -3.75. The fraction of sp³-hybridized carbons (Fsp3) is 0.543. The van der Waals surface area contributed by atoms with E-state index in [9.17, 15) is 48.7 Å². The van der Waals surface area contributed by atoms with E-state index in [1.165, 1.54) is 35.0 Å². The number of piperazine rings is 1. The van der Waals surface area contributed by atoms with Crippen molar-refractivity contribution in [3.8, 4) is 0 Å². The number of amides is 1.